The molecule has 112 valence electrons. The van der Waals surface area contributed by atoms with E-state index in [1.54, 1.807) is 6.92 Å². The fourth-order valence-electron chi connectivity index (χ4n) is 3.09. The Labute approximate surface area is 122 Å². The average molecular weight is 295 g/mol. The number of hydrogen-bond acceptors (Lipinski definition) is 3. The van der Waals surface area contributed by atoms with Gasteiger partial charge in [0.2, 0.25) is 0 Å². The van der Waals surface area contributed by atoms with Gasteiger partial charge in [0.15, 0.2) is 9.84 Å². The molecule has 0 spiro atoms. The molecule has 4 unspecified atom stereocenters. The summed E-state index contributed by atoms with van der Waals surface area (Å²) >= 11 is 0. The second kappa shape index (κ2) is 6.27. The molecule has 4 heteroatoms. The highest BCUT2D eigenvalue weighted by molar-refractivity contribution is 7.92. The zero-order valence-electron chi connectivity index (χ0n) is 12.3. The van der Waals surface area contributed by atoms with Gasteiger partial charge in [-0.25, -0.2) is 8.42 Å². The third kappa shape index (κ3) is 3.07. The van der Waals surface area contributed by atoms with Crippen LogP contribution in [0.5, 0.6) is 0 Å². The molecule has 4 atom stereocenters. The Morgan fingerprint density at radius 2 is 1.90 bits per heavy atom. The minimum Gasteiger partial charge on any atom is -0.327 e. The van der Waals surface area contributed by atoms with E-state index >= 15 is 0 Å². The first-order chi connectivity index (χ1) is 9.46. The van der Waals surface area contributed by atoms with Gasteiger partial charge < -0.3 is 5.73 Å². The first-order valence-electron chi connectivity index (χ1n) is 7.50. The quantitative estimate of drug-likeness (QED) is 0.929. The van der Waals surface area contributed by atoms with E-state index in [0.29, 0.717) is 18.8 Å². The van der Waals surface area contributed by atoms with E-state index < -0.39 is 15.1 Å². The molecule has 1 aliphatic carbocycles. The summed E-state index contributed by atoms with van der Waals surface area (Å²) in [4.78, 5) is 0. The van der Waals surface area contributed by atoms with Crippen molar-refractivity contribution in [3.8, 4) is 0 Å². The van der Waals surface area contributed by atoms with Crippen LogP contribution in [0.15, 0.2) is 30.3 Å². The van der Waals surface area contributed by atoms with E-state index in [1.165, 1.54) is 5.56 Å². The molecule has 0 saturated heterocycles. The van der Waals surface area contributed by atoms with Crippen LogP contribution in [0.3, 0.4) is 0 Å². The zero-order chi connectivity index (χ0) is 14.8. The van der Waals surface area contributed by atoms with Gasteiger partial charge in [0.05, 0.1) is 10.5 Å². The van der Waals surface area contributed by atoms with Gasteiger partial charge in [-0.15, -0.1) is 0 Å². The lowest BCUT2D eigenvalue weighted by molar-refractivity contribution is 0.389. The van der Waals surface area contributed by atoms with Gasteiger partial charge in [0.25, 0.3) is 0 Å². The number of nitrogens with two attached hydrogens (primary N) is 1. The lowest BCUT2D eigenvalue weighted by Gasteiger charge is -2.35. The summed E-state index contributed by atoms with van der Waals surface area (Å²) in [7, 11) is -3.13. The zero-order valence-corrected chi connectivity index (χ0v) is 13.1. The third-order valence-electron chi connectivity index (χ3n) is 4.67. The van der Waals surface area contributed by atoms with E-state index in [0.717, 1.165) is 12.8 Å². The Hall–Kier alpha value is -0.870. The molecule has 0 heterocycles. The molecule has 1 aromatic carbocycles. The van der Waals surface area contributed by atoms with Crippen LogP contribution in [-0.4, -0.2) is 25.0 Å². The first-order valence-corrected chi connectivity index (χ1v) is 9.11. The highest BCUT2D eigenvalue weighted by Crippen LogP contribution is 2.36. The van der Waals surface area contributed by atoms with Crippen molar-refractivity contribution in [2.24, 2.45) is 5.73 Å². The molecule has 0 radical (unpaired) electrons. The van der Waals surface area contributed by atoms with Crippen molar-refractivity contribution in [1.29, 1.82) is 0 Å². The van der Waals surface area contributed by atoms with Crippen molar-refractivity contribution in [3.63, 3.8) is 0 Å². The van der Waals surface area contributed by atoms with Crippen LogP contribution in [0.4, 0.5) is 0 Å². The SMILES string of the molecule is CCC(C)S(=O)(=O)C1CC(c2ccccc2)CCC1N. The molecule has 3 nitrogen and oxygen atoms in total. The summed E-state index contributed by atoms with van der Waals surface area (Å²) < 4.78 is 25.2. The summed E-state index contributed by atoms with van der Waals surface area (Å²) in [6.45, 7) is 3.72. The van der Waals surface area contributed by atoms with E-state index in [4.69, 9.17) is 5.73 Å². The van der Waals surface area contributed by atoms with Crippen molar-refractivity contribution in [2.45, 2.75) is 62.0 Å². The Bertz CT molecular complexity index is 527. The lowest BCUT2D eigenvalue weighted by Crippen LogP contribution is -2.47. The molecule has 0 aliphatic heterocycles. The molecular weight excluding hydrogens is 270 g/mol. The smallest absolute Gasteiger partial charge is 0.157 e. The average Bonchev–Trinajstić information content (AvgIpc) is 2.47. The molecule has 20 heavy (non-hydrogen) atoms. The second-order valence-electron chi connectivity index (χ2n) is 5.93. The molecule has 1 aromatic rings. The molecule has 0 amide bonds. The normalized spacial score (nSPS) is 29.1. The van der Waals surface area contributed by atoms with E-state index in [9.17, 15) is 8.42 Å². The number of benzene rings is 1. The molecule has 1 fully saturated rings. The van der Waals surface area contributed by atoms with Crippen molar-refractivity contribution in [3.05, 3.63) is 35.9 Å². The van der Waals surface area contributed by atoms with Crippen LogP contribution in [0.2, 0.25) is 0 Å². The third-order valence-corrected chi connectivity index (χ3v) is 7.51. The van der Waals surface area contributed by atoms with Gasteiger partial charge in [-0.3, -0.25) is 0 Å². The molecule has 1 aliphatic rings. The molecule has 2 rings (SSSR count). The molecule has 0 aromatic heterocycles. The molecular formula is C16H25NO2S. The minimum atomic E-state index is -3.13. The fourth-order valence-corrected chi connectivity index (χ4v) is 5.27. The predicted octanol–water partition coefficient (Wildman–Crippen LogP) is 2.86. The van der Waals surface area contributed by atoms with Crippen LogP contribution in [-0.2, 0) is 9.84 Å². The Morgan fingerprint density at radius 3 is 2.50 bits per heavy atom. The highest BCUT2D eigenvalue weighted by Gasteiger charge is 2.39. The Morgan fingerprint density at radius 1 is 1.25 bits per heavy atom. The lowest BCUT2D eigenvalue weighted by atomic mass is 9.82. The summed E-state index contributed by atoms with van der Waals surface area (Å²) in [6, 6.07) is 9.99. The van der Waals surface area contributed by atoms with Crippen molar-refractivity contribution < 1.29 is 8.42 Å². The van der Waals surface area contributed by atoms with E-state index in [2.05, 4.69) is 12.1 Å². The number of sulfone groups is 1. The Kier molecular flexibility index (Phi) is 4.86. The monoisotopic (exact) mass is 295 g/mol. The number of rotatable bonds is 4. The topological polar surface area (TPSA) is 60.2 Å². The van der Waals surface area contributed by atoms with Crippen LogP contribution in [0.25, 0.3) is 0 Å². The number of hydrogen-bond donors (Lipinski definition) is 1. The Balaban J connectivity index is 2.21. The maximum atomic E-state index is 12.6. The summed E-state index contributed by atoms with van der Waals surface area (Å²) in [5, 5.41) is -0.690. The minimum absolute atomic E-state index is 0.214. The van der Waals surface area contributed by atoms with Crippen LogP contribution in [0.1, 0.15) is 51.0 Å². The van der Waals surface area contributed by atoms with E-state index in [-0.39, 0.29) is 11.3 Å². The summed E-state index contributed by atoms with van der Waals surface area (Å²) in [6.07, 6.45) is 3.09. The van der Waals surface area contributed by atoms with Crippen molar-refractivity contribution in [1.82, 2.24) is 0 Å². The van der Waals surface area contributed by atoms with Crippen molar-refractivity contribution in [2.75, 3.05) is 0 Å². The van der Waals surface area contributed by atoms with Crippen molar-refractivity contribution >= 4 is 9.84 Å². The summed E-state index contributed by atoms with van der Waals surface area (Å²) in [5.74, 6) is 0.319. The molecule has 0 bridgehead atoms. The largest absolute Gasteiger partial charge is 0.327 e. The molecule has 1 saturated carbocycles. The highest BCUT2D eigenvalue weighted by atomic mass is 32.2. The summed E-state index contributed by atoms with van der Waals surface area (Å²) in [5.41, 5.74) is 7.36. The van der Waals surface area contributed by atoms with Gasteiger partial charge in [-0.2, -0.15) is 0 Å². The van der Waals surface area contributed by atoms with Gasteiger partial charge in [0.1, 0.15) is 0 Å². The first kappa shape index (κ1) is 15.5. The fraction of sp³-hybridized carbons (Fsp3) is 0.625. The second-order valence-corrected chi connectivity index (χ2v) is 8.52. The standard InChI is InChI=1S/C16H25NO2S/c1-3-12(2)20(18,19)16-11-14(9-10-15(16)17)13-7-5-4-6-8-13/h4-8,12,14-16H,3,9-11,17H2,1-2H3. The van der Waals surface area contributed by atoms with Gasteiger partial charge >= 0.3 is 0 Å². The van der Waals surface area contributed by atoms with Crippen LogP contribution >= 0.6 is 0 Å². The van der Waals surface area contributed by atoms with Crippen LogP contribution in [0, 0.1) is 0 Å². The van der Waals surface area contributed by atoms with Gasteiger partial charge in [0, 0.05) is 6.04 Å². The predicted molar refractivity (Wildman–Crippen MR) is 83.5 cm³/mol. The maximum Gasteiger partial charge on any atom is 0.157 e. The molecule has 2 N–H and O–H groups in total. The van der Waals surface area contributed by atoms with E-state index in [1.807, 2.05) is 25.1 Å². The van der Waals surface area contributed by atoms with Crippen LogP contribution < -0.4 is 5.73 Å². The maximum absolute atomic E-state index is 12.6. The van der Waals surface area contributed by atoms with Gasteiger partial charge in [-0.05, 0) is 44.1 Å². The van der Waals surface area contributed by atoms with Gasteiger partial charge in [-0.1, -0.05) is 37.3 Å².